The van der Waals surface area contributed by atoms with E-state index in [1.165, 1.54) is 36.1 Å². The van der Waals surface area contributed by atoms with Gasteiger partial charge in [0.05, 0.1) is 11.0 Å². The zero-order chi connectivity index (χ0) is 19.4. The van der Waals surface area contributed by atoms with Crippen molar-refractivity contribution in [3.05, 3.63) is 68.8 Å². The quantitative estimate of drug-likeness (QED) is 0.616. The van der Waals surface area contributed by atoms with Crippen LogP contribution in [0.1, 0.15) is 48.1 Å². The largest absolute Gasteiger partial charge is 0.477 e. The Morgan fingerprint density at radius 3 is 2.67 bits per heavy atom. The molecule has 3 rings (SSSR count). The highest BCUT2D eigenvalue weighted by molar-refractivity contribution is 5.78. The number of nitro benzene ring substituents is 1. The van der Waals surface area contributed by atoms with Crippen LogP contribution in [0, 0.1) is 17.0 Å². The van der Waals surface area contributed by atoms with Gasteiger partial charge in [-0.3, -0.25) is 14.9 Å². The zero-order valence-electron chi connectivity index (χ0n) is 15.7. The molecule has 1 atom stereocenters. The second-order valence-corrected chi connectivity index (χ2v) is 7.04. The SMILES string of the molecule is Cc1ccc(OCC(=O)N[C@@H](C)c2ccc3c(c2)CCCC3)c([N+](=O)[O-])c1. The molecule has 0 saturated carbocycles. The zero-order valence-corrected chi connectivity index (χ0v) is 15.7. The van der Waals surface area contributed by atoms with Crippen molar-refractivity contribution < 1.29 is 14.5 Å². The molecule has 27 heavy (non-hydrogen) atoms. The Labute approximate surface area is 158 Å². The van der Waals surface area contributed by atoms with Gasteiger partial charge in [0.1, 0.15) is 0 Å². The van der Waals surface area contributed by atoms with Crippen LogP contribution in [0.3, 0.4) is 0 Å². The number of nitrogens with zero attached hydrogens (tertiary/aromatic N) is 1. The van der Waals surface area contributed by atoms with E-state index in [0.29, 0.717) is 0 Å². The van der Waals surface area contributed by atoms with E-state index >= 15 is 0 Å². The smallest absolute Gasteiger partial charge is 0.311 e. The molecule has 0 radical (unpaired) electrons. The number of hydrogen-bond donors (Lipinski definition) is 1. The van der Waals surface area contributed by atoms with Gasteiger partial charge in [-0.1, -0.05) is 24.3 Å². The van der Waals surface area contributed by atoms with Gasteiger partial charge < -0.3 is 10.1 Å². The summed E-state index contributed by atoms with van der Waals surface area (Å²) in [7, 11) is 0. The number of nitro groups is 1. The van der Waals surface area contributed by atoms with Crippen LogP contribution in [0.15, 0.2) is 36.4 Å². The molecule has 1 aliphatic carbocycles. The third-order valence-electron chi connectivity index (χ3n) is 4.92. The lowest BCUT2D eigenvalue weighted by Gasteiger charge is -2.20. The first-order valence-electron chi connectivity index (χ1n) is 9.23. The number of aryl methyl sites for hydroxylation is 3. The van der Waals surface area contributed by atoms with Gasteiger partial charge in [0.15, 0.2) is 12.4 Å². The van der Waals surface area contributed by atoms with Gasteiger partial charge in [-0.2, -0.15) is 0 Å². The maximum atomic E-state index is 12.2. The number of amides is 1. The molecule has 0 aliphatic heterocycles. The van der Waals surface area contributed by atoms with E-state index in [9.17, 15) is 14.9 Å². The van der Waals surface area contributed by atoms with Crippen molar-refractivity contribution in [2.45, 2.75) is 45.6 Å². The van der Waals surface area contributed by atoms with Crippen molar-refractivity contribution in [3.8, 4) is 5.75 Å². The molecule has 6 heteroatoms. The Morgan fingerprint density at radius 1 is 1.19 bits per heavy atom. The Morgan fingerprint density at radius 2 is 1.93 bits per heavy atom. The summed E-state index contributed by atoms with van der Waals surface area (Å²) in [4.78, 5) is 22.9. The summed E-state index contributed by atoms with van der Waals surface area (Å²) in [5.41, 5.74) is 4.46. The van der Waals surface area contributed by atoms with Crippen LogP contribution < -0.4 is 10.1 Å². The minimum absolute atomic E-state index is 0.0992. The number of carbonyl (C=O) groups excluding carboxylic acids is 1. The Kier molecular flexibility index (Phi) is 5.74. The third-order valence-corrected chi connectivity index (χ3v) is 4.92. The molecule has 0 unspecified atom stereocenters. The molecule has 1 amide bonds. The fraction of sp³-hybridized carbons (Fsp3) is 0.381. The van der Waals surface area contributed by atoms with Gasteiger partial charge in [-0.15, -0.1) is 0 Å². The van der Waals surface area contributed by atoms with Crippen LogP contribution in [-0.4, -0.2) is 17.4 Å². The monoisotopic (exact) mass is 368 g/mol. The topological polar surface area (TPSA) is 81.5 Å². The predicted molar refractivity (Wildman–Crippen MR) is 103 cm³/mol. The minimum atomic E-state index is -0.504. The molecule has 0 fully saturated rings. The van der Waals surface area contributed by atoms with Crippen LogP contribution >= 0.6 is 0 Å². The maximum Gasteiger partial charge on any atom is 0.311 e. The molecular weight excluding hydrogens is 344 g/mol. The highest BCUT2D eigenvalue weighted by Gasteiger charge is 2.18. The molecule has 0 aromatic heterocycles. The molecule has 142 valence electrons. The lowest BCUT2D eigenvalue weighted by atomic mass is 9.89. The first-order valence-corrected chi connectivity index (χ1v) is 9.23. The van der Waals surface area contributed by atoms with E-state index in [1.54, 1.807) is 13.0 Å². The standard InChI is InChI=1S/C21H24N2O4/c1-14-7-10-20(19(11-14)23(25)26)27-13-21(24)22-15(2)17-9-8-16-5-3-4-6-18(16)12-17/h7-12,15H,3-6,13H2,1-2H3,(H,22,24)/t15-/m0/s1. The van der Waals surface area contributed by atoms with Gasteiger partial charge in [-0.05, 0) is 67.9 Å². The summed E-state index contributed by atoms with van der Waals surface area (Å²) >= 11 is 0. The third kappa shape index (κ3) is 4.64. The van der Waals surface area contributed by atoms with Crippen LogP contribution in [0.5, 0.6) is 5.75 Å². The molecule has 2 aromatic rings. The van der Waals surface area contributed by atoms with E-state index < -0.39 is 4.92 Å². The van der Waals surface area contributed by atoms with E-state index in [4.69, 9.17) is 4.74 Å². The predicted octanol–water partition coefficient (Wildman–Crippen LogP) is 4.04. The van der Waals surface area contributed by atoms with Gasteiger partial charge in [-0.25, -0.2) is 0 Å². The van der Waals surface area contributed by atoms with Gasteiger partial charge >= 0.3 is 5.69 Å². The van der Waals surface area contributed by atoms with E-state index in [2.05, 4.69) is 23.5 Å². The first-order chi connectivity index (χ1) is 12.9. The lowest BCUT2D eigenvalue weighted by molar-refractivity contribution is -0.385. The number of fused-ring (bicyclic) bond motifs is 1. The van der Waals surface area contributed by atoms with E-state index in [0.717, 1.165) is 24.0 Å². The summed E-state index contributed by atoms with van der Waals surface area (Å²) in [6.45, 7) is 3.43. The summed E-state index contributed by atoms with van der Waals surface area (Å²) in [6.07, 6.45) is 4.66. The number of ether oxygens (including phenoxy) is 1. The van der Waals surface area contributed by atoms with Crippen molar-refractivity contribution >= 4 is 11.6 Å². The fourth-order valence-corrected chi connectivity index (χ4v) is 3.42. The van der Waals surface area contributed by atoms with Crippen molar-refractivity contribution in [1.82, 2.24) is 5.32 Å². The van der Waals surface area contributed by atoms with E-state index in [1.807, 2.05) is 6.92 Å². The number of benzene rings is 2. The summed E-state index contributed by atoms with van der Waals surface area (Å²) in [6, 6.07) is 10.9. The molecule has 0 bridgehead atoms. The molecule has 1 N–H and O–H groups in total. The lowest BCUT2D eigenvalue weighted by Crippen LogP contribution is -2.31. The normalized spacial score (nSPS) is 14.1. The molecule has 1 aliphatic rings. The number of hydrogen-bond acceptors (Lipinski definition) is 4. The second-order valence-electron chi connectivity index (χ2n) is 7.04. The minimum Gasteiger partial charge on any atom is -0.477 e. The van der Waals surface area contributed by atoms with E-state index in [-0.39, 0.29) is 30.0 Å². The van der Waals surface area contributed by atoms with Crippen molar-refractivity contribution in [3.63, 3.8) is 0 Å². The van der Waals surface area contributed by atoms with Crippen molar-refractivity contribution in [1.29, 1.82) is 0 Å². The average molecular weight is 368 g/mol. The van der Waals surface area contributed by atoms with Gasteiger partial charge in [0.25, 0.3) is 5.91 Å². The Bertz CT molecular complexity index is 863. The number of carbonyl (C=O) groups is 1. The van der Waals surface area contributed by atoms with Crippen LogP contribution in [0.2, 0.25) is 0 Å². The Hall–Kier alpha value is -2.89. The van der Waals surface area contributed by atoms with Crippen LogP contribution in [0.4, 0.5) is 5.69 Å². The van der Waals surface area contributed by atoms with Crippen LogP contribution in [0.25, 0.3) is 0 Å². The van der Waals surface area contributed by atoms with Gasteiger partial charge in [0, 0.05) is 6.07 Å². The van der Waals surface area contributed by atoms with Crippen molar-refractivity contribution in [2.24, 2.45) is 0 Å². The highest BCUT2D eigenvalue weighted by Crippen LogP contribution is 2.28. The molecular formula is C21H24N2O4. The summed E-state index contributed by atoms with van der Waals surface area (Å²) in [5.74, 6) is -0.211. The maximum absolute atomic E-state index is 12.2. The molecule has 6 nitrogen and oxygen atoms in total. The molecule has 0 saturated heterocycles. The Balaban J connectivity index is 1.60. The molecule has 0 spiro atoms. The van der Waals surface area contributed by atoms with Gasteiger partial charge in [0.2, 0.25) is 0 Å². The fourth-order valence-electron chi connectivity index (χ4n) is 3.42. The molecule has 2 aromatic carbocycles. The highest BCUT2D eigenvalue weighted by atomic mass is 16.6. The number of rotatable bonds is 6. The summed E-state index contributed by atoms with van der Waals surface area (Å²) < 4.78 is 5.39. The molecule has 0 heterocycles. The number of nitrogens with one attached hydrogen (secondary N) is 1. The average Bonchev–Trinajstić information content (AvgIpc) is 2.66. The second kappa shape index (κ2) is 8.20. The summed E-state index contributed by atoms with van der Waals surface area (Å²) in [5, 5.41) is 14.0. The van der Waals surface area contributed by atoms with Crippen LogP contribution in [-0.2, 0) is 17.6 Å². The van der Waals surface area contributed by atoms with Crippen molar-refractivity contribution in [2.75, 3.05) is 6.61 Å². The first kappa shape index (κ1) is 18.9.